The Morgan fingerprint density at radius 3 is 2.64 bits per heavy atom. The largest absolute Gasteiger partial charge is 0.477 e. The lowest BCUT2D eigenvalue weighted by Gasteiger charge is -2.15. The molecule has 76 valence electrons. The Morgan fingerprint density at radius 2 is 2.14 bits per heavy atom. The van der Waals surface area contributed by atoms with Gasteiger partial charge in [0.15, 0.2) is 5.82 Å². The van der Waals surface area contributed by atoms with Crippen LogP contribution in [0.4, 0.5) is 4.39 Å². The Balaban J connectivity index is 2.46. The Bertz CT molecular complexity index is 406. The number of thiophene rings is 1. The number of hydrogen-bond acceptors (Lipinski definition) is 2. The predicted molar refractivity (Wildman–Crippen MR) is 52.4 cm³/mol. The number of carbonyl (C=O) groups is 1. The van der Waals surface area contributed by atoms with E-state index in [4.69, 9.17) is 5.11 Å². The van der Waals surface area contributed by atoms with Crippen molar-refractivity contribution in [3.05, 3.63) is 21.1 Å². The zero-order chi connectivity index (χ0) is 10.5. The van der Waals surface area contributed by atoms with E-state index in [2.05, 4.69) is 13.8 Å². The summed E-state index contributed by atoms with van der Waals surface area (Å²) in [7, 11) is 0. The van der Waals surface area contributed by atoms with Gasteiger partial charge in [0.05, 0.1) is 0 Å². The quantitative estimate of drug-likeness (QED) is 0.780. The maximum atomic E-state index is 13.6. The first-order chi connectivity index (χ1) is 6.41. The maximum absolute atomic E-state index is 13.6. The van der Waals surface area contributed by atoms with Crippen molar-refractivity contribution in [1.82, 2.24) is 0 Å². The molecule has 0 saturated heterocycles. The van der Waals surface area contributed by atoms with E-state index in [0.717, 1.165) is 22.6 Å². The maximum Gasteiger partial charge on any atom is 0.348 e. The van der Waals surface area contributed by atoms with Gasteiger partial charge < -0.3 is 5.11 Å². The summed E-state index contributed by atoms with van der Waals surface area (Å²) in [5.74, 6) is -1.66. The third kappa shape index (κ3) is 1.34. The fraction of sp³-hybridized carbons (Fsp3) is 0.500. The third-order valence-electron chi connectivity index (χ3n) is 2.51. The lowest BCUT2D eigenvalue weighted by atomic mass is 9.90. The molecule has 1 aromatic rings. The van der Waals surface area contributed by atoms with E-state index in [1.165, 1.54) is 0 Å². The highest BCUT2D eigenvalue weighted by Gasteiger charge is 2.35. The van der Waals surface area contributed by atoms with E-state index >= 15 is 0 Å². The molecule has 1 heterocycles. The number of carboxylic acids is 1. The molecule has 0 radical (unpaired) electrons. The Morgan fingerprint density at radius 1 is 1.50 bits per heavy atom. The minimum atomic E-state index is -1.15. The Kier molecular flexibility index (Phi) is 1.93. The lowest BCUT2D eigenvalue weighted by molar-refractivity contribution is 0.0697. The van der Waals surface area contributed by atoms with Gasteiger partial charge in [-0.2, -0.15) is 0 Å². The molecule has 0 aromatic carbocycles. The normalized spacial score (nSPS) is 18.2. The van der Waals surface area contributed by atoms with Gasteiger partial charge in [-0.05, 0) is 18.3 Å². The number of fused-ring (bicyclic) bond motifs is 1. The van der Waals surface area contributed by atoms with Crippen LogP contribution in [0.3, 0.4) is 0 Å². The molecule has 0 fully saturated rings. The van der Waals surface area contributed by atoms with Crippen LogP contribution in [0.1, 0.15) is 34.0 Å². The van der Waals surface area contributed by atoms with Crippen LogP contribution in [0, 0.1) is 11.2 Å². The van der Waals surface area contributed by atoms with E-state index in [1.54, 1.807) is 0 Å². The zero-order valence-corrected chi connectivity index (χ0v) is 8.87. The first-order valence-corrected chi connectivity index (χ1v) is 5.26. The molecule has 0 unspecified atom stereocenters. The summed E-state index contributed by atoms with van der Waals surface area (Å²) in [6, 6.07) is 0. The van der Waals surface area contributed by atoms with Crippen molar-refractivity contribution in [1.29, 1.82) is 0 Å². The van der Waals surface area contributed by atoms with E-state index in [-0.39, 0.29) is 10.3 Å². The van der Waals surface area contributed by atoms with Crippen LogP contribution in [0.5, 0.6) is 0 Å². The van der Waals surface area contributed by atoms with Crippen molar-refractivity contribution < 1.29 is 14.3 Å². The van der Waals surface area contributed by atoms with Crippen molar-refractivity contribution in [3.8, 4) is 0 Å². The van der Waals surface area contributed by atoms with Crippen LogP contribution in [-0.4, -0.2) is 11.1 Å². The van der Waals surface area contributed by atoms with Crippen LogP contribution < -0.4 is 0 Å². The van der Waals surface area contributed by atoms with Crippen molar-refractivity contribution >= 4 is 17.3 Å². The molecule has 0 saturated carbocycles. The van der Waals surface area contributed by atoms with Gasteiger partial charge in [-0.15, -0.1) is 11.3 Å². The van der Waals surface area contributed by atoms with Crippen LogP contribution in [0.15, 0.2) is 0 Å². The summed E-state index contributed by atoms with van der Waals surface area (Å²) in [5.41, 5.74) is 0.705. The molecule has 4 heteroatoms. The van der Waals surface area contributed by atoms with Crippen LogP contribution in [0.25, 0.3) is 0 Å². The van der Waals surface area contributed by atoms with E-state index < -0.39 is 11.8 Å². The van der Waals surface area contributed by atoms with Crippen LogP contribution in [0.2, 0.25) is 0 Å². The minimum absolute atomic E-state index is 0.0824. The Labute approximate surface area is 85.4 Å². The van der Waals surface area contributed by atoms with Gasteiger partial charge >= 0.3 is 5.97 Å². The molecule has 0 atom stereocenters. The molecule has 0 spiro atoms. The highest BCUT2D eigenvalue weighted by Crippen LogP contribution is 2.42. The number of rotatable bonds is 1. The topological polar surface area (TPSA) is 37.3 Å². The summed E-state index contributed by atoms with van der Waals surface area (Å²) >= 11 is 1.08. The first-order valence-electron chi connectivity index (χ1n) is 4.44. The van der Waals surface area contributed by atoms with Crippen molar-refractivity contribution in [2.24, 2.45) is 5.41 Å². The average Bonchev–Trinajstić information content (AvgIpc) is 2.46. The number of halogens is 1. The molecule has 2 nitrogen and oxygen atoms in total. The van der Waals surface area contributed by atoms with E-state index in [0.29, 0.717) is 12.0 Å². The van der Waals surface area contributed by atoms with Gasteiger partial charge in [-0.25, -0.2) is 9.18 Å². The van der Waals surface area contributed by atoms with Gasteiger partial charge in [-0.1, -0.05) is 13.8 Å². The standard InChI is InChI=1S/C10H11FO2S/c1-10(2)3-5-6(4-10)14-8(7(5)11)9(12)13/h3-4H2,1-2H3,(H,12,13). The lowest BCUT2D eigenvalue weighted by Crippen LogP contribution is -2.11. The SMILES string of the molecule is CC1(C)Cc2sc(C(=O)O)c(F)c2C1. The molecule has 0 bridgehead atoms. The smallest absolute Gasteiger partial charge is 0.348 e. The molecule has 1 N–H and O–H groups in total. The summed E-state index contributed by atoms with van der Waals surface area (Å²) in [4.78, 5) is 11.4. The van der Waals surface area contributed by atoms with Crippen molar-refractivity contribution in [3.63, 3.8) is 0 Å². The van der Waals surface area contributed by atoms with Gasteiger partial charge in [0.2, 0.25) is 0 Å². The second-order valence-electron chi connectivity index (χ2n) is 4.47. The van der Waals surface area contributed by atoms with E-state index in [9.17, 15) is 9.18 Å². The monoisotopic (exact) mass is 214 g/mol. The minimum Gasteiger partial charge on any atom is -0.477 e. The van der Waals surface area contributed by atoms with Crippen molar-refractivity contribution in [2.45, 2.75) is 26.7 Å². The molecule has 0 amide bonds. The molecular weight excluding hydrogens is 203 g/mol. The second kappa shape index (κ2) is 2.79. The number of aromatic carboxylic acids is 1. The third-order valence-corrected chi connectivity index (χ3v) is 3.71. The van der Waals surface area contributed by atoms with Crippen molar-refractivity contribution in [2.75, 3.05) is 0 Å². The number of hydrogen-bond donors (Lipinski definition) is 1. The number of carboxylic acid groups (broad SMARTS) is 1. The molecule has 0 aliphatic heterocycles. The fourth-order valence-corrected chi connectivity index (χ4v) is 3.22. The summed E-state index contributed by atoms with van der Waals surface area (Å²) in [6.45, 7) is 4.14. The first kappa shape index (κ1) is 9.65. The average molecular weight is 214 g/mol. The predicted octanol–water partition coefficient (Wildman–Crippen LogP) is 2.71. The molecule has 14 heavy (non-hydrogen) atoms. The molecular formula is C10H11FO2S. The van der Waals surface area contributed by atoms with E-state index in [1.807, 2.05) is 0 Å². The van der Waals surface area contributed by atoms with Gasteiger partial charge in [0.25, 0.3) is 0 Å². The summed E-state index contributed by atoms with van der Waals surface area (Å²) in [5, 5.41) is 8.72. The molecule has 1 aliphatic carbocycles. The molecule has 2 rings (SSSR count). The molecule has 1 aromatic heterocycles. The van der Waals surface area contributed by atoms with Gasteiger partial charge in [0.1, 0.15) is 4.88 Å². The van der Waals surface area contributed by atoms with Crippen LogP contribution in [-0.2, 0) is 12.8 Å². The summed E-state index contributed by atoms with van der Waals surface area (Å²) < 4.78 is 13.6. The zero-order valence-electron chi connectivity index (χ0n) is 8.06. The van der Waals surface area contributed by atoms with Crippen LogP contribution >= 0.6 is 11.3 Å². The van der Waals surface area contributed by atoms with Gasteiger partial charge in [-0.3, -0.25) is 0 Å². The summed E-state index contributed by atoms with van der Waals surface area (Å²) in [6.07, 6.45) is 1.44. The molecule has 1 aliphatic rings. The fourth-order valence-electron chi connectivity index (χ4n) is 1.92. The second-order valence-corrected chi connectivity index (χ2v) is 5.57. The van der Waals surface area contributed by atoms with Gasteiger partial charge in [0, 0.05) is 10.4 Å². The highest BCUT2D eigenvalue weighted by molar-refractivity contribution is 7.14. The highest BCUT2D eigenvalue weighted by atomic mass is 32.1. The Hall–Kier alpha value is -0.900.